The molecule has 0 saturated heterocycles. The van der Waals surface area contributed by atoms with Crippen LogP contribution in [0.3, 0.4) is 0 Å². The number of fused-ring (bicyclic) bond motifs is 1. The molecule has 1 aromatic carbocycles. The molecule has 0 radical (unpaired) electrons. The summed E-state index contributed by atoms with van der Waals surface area (Å²) in [5.74, 6) is 0.373. The van der Waals surface area contributed by atoms with Gasteiger partial charge in [0, 0.05) is 17.0 Å². The molecule has 0 bridgehead atoms. The summed E-state index contributed by atoms with van der Waals surface area (Å²) < 4.78 is 15.7. The molecule has 22 heavy (non-hydrogen) atoms. The Morgan fingerprint density at radius 1 is 1.23 bits per heavy atom. The van der Waals surface area contributed by atoms with E-state index in [-0.39, 0.29) is 17.1 Å². The molecule has 1 heterocycles. The Hall–Kier alpha value is -2.31. The largest absolute Gasteiger partial charge is 0.492 e. The highest BCUT2D eigenvalue weighted by Gasteiger charge is 2.27. The van der Waals surface area contributed by atoms with E-state index in [4.69, 9.17) is 13.9 Å². The van der Waals surface area contributed by atoms with Crippen molar-refractivity contribution in [1.29, 1.82) is 0 Å². The predicted octanol–water partition coefficient (Wildman–Crippen LogP) is 1.78. The summed E-state index contributed by atoms with van der Waals surface area (Å²) in [6, 6.07) is 4.39. The lowest BCUT2D eigenvalue weighted by atomic mass is 9.97. The molecule has 1 aromatic heterocycles. The Kier molecular flexibility index (Phi) is 4.54. The van der Waals surface area contributed by atoms with Crippen LogP contribution < -0.4 is 15.1 Å². The van der Waals surface area contributed by atoms with Gasteiger partial charge >= 0.3 is 5.63 Å². The lowest BCUT2D eigenvalue weighted by Gasteiger charge is -2.22. The fourth-order valence-electron chi connectivity index (χ4n) is 2.24. The van der Waals surface area contributed by atoms with Gasteiger partial charge in [0.15, 0.2) is 11.3 Å². The average molecular weight is 306 g/mol. The first-order chi connectivity index (χ1) is 10.4. The first-order valence-electron chi connectivity index (χ1n) is 6.61. The number of ether oxygens (including phenoxy) is 2. The van der Waals surface area contributed by atoms with Gasteiger partial charge in [-0.15, -0.1) is 0 Å². The van der Waals surface area contributed by atoms with Gasteiger partial charge in [0.2, 0.25) is 5.75 Å². The molecule has 0 aliphatic carbocycles. The van der Waals surface area contributed by atoms with E-state index in [1.165, 1.54) is 20.3 Å². The van der Waals surface area contributed by atoms with E-state index in [2.05, 4.69) is 6.58 Å². The van der Waals surface area contributed by atoms with Crippen molar-refractivity contribution in [3.05, 3.63) is 46.3 Å². The summed E-state index contributed by atoms with van der Waals surface area (Å²) in [5.41, 5.74) is 0.417. The number of hydrogen-bond donors (Lipinski definition) is 2. The Morgan fingerprint density at radius 2 is 1.86 bits per heavy atom. The molecule has 2 unspecified atom stereocenters. The van der Waals surface area contributed by atoms with Crippen molar-refractivity contribution < 1.29 is 24.1 Å². The summed E-state index contributed by atoms with van der Waals surface area (Å²) in [6.07, 6.45) is -2.41. The molecule has 0 amide bonds. The maximum Gasteiger partial charge on any atom is 0.336 e. The Morgan fingerprint density at radius 3 is 2.41 bits per heavy atom. The molecule has 2 rings (SSSR count). The van der Waals surface area contributed by atoms with Crippen LogP contribution in [0.4, 0.5) is 0 Å². The van der Waals surface area contributed by atoms with Gasteiger partial charge in [-0.1, -0.05) is 6.58 Å². The van der Waals surface area contributed by atoms with Gasteiger partial charge in [-0.3, -0.25) is 0 Å². The molecule has 0 spiro atoms. The van der Waals surface area contributed by atoms with Crippen molar-refractivity contribution in [2.24, 2.45) is 0 Å². The van der Waals surface area contributed by atoms with Crippen molar-refractivity contribution in [2.75, 3.05) is 14.2 Å². The third kappa shape index (κ3) is 2.70. The fraction of sp³-hybridized carbons (Fsp3) is 0.312. The van der Waals surface area contributed by atoms with Crippen molar-refractivity contribution in [1.82, 2.24) is 0 Å². The summed E-state index contributed by atoms with van der Waals surface area (Å²) in [5, 5.41) is 20.9. The molecule has 6 nitrogen and oxygen atoms in total. The van der Waals surface area contributed by atoms with Crippen LogP contribution in [-0.2, 0) is 0 Å². The Bertz CT molecular complexity index is 761. The van der Waals surface area contributed by atoms with Crippen molar-refractivity contribution in [3.63, 3.8) is 0 Å². The van der Waals surface area contributed by atoms with E-state index in [0.717, 1.165) is 0 Å². The first-order valence-corrected chi connectivity index (χ1v) is 6.61. The number of hydrogen-bond acceptors (Lipinski definition) is 6. The second-order valence-electron chi connectivity index (χ2n) is 4.94. The van der Waals surface area contributed by atoms with Gasteiger partial charge in [0.25, 0.3) is 0 Å². The van der Waals surface area contributed by atoms with E-state index in [0.29, 0.717) is 16.5 Å². The summed E-state index contributed by atoms with van der Waals surface area (Å²) in [7, 11) is 2.80. The molecule has 0 aliphatic heterocycles. The van der Waals surface area contributed by atoms with Crippen LogP contribution in [0.5, 0.6) is 11.5 Å². The lowest BCUT2D eigenvalue weighted by Crippen LogP contribution is -2.20. The molecular weight excluding hydrogens is 288 g/mol. The lowest BCUT2D eigenvalue weighted by molar-refractivity contribution is 0.0398. The Balaban J connectivity index is 2.76. The summed E-state index contributed by atoms with van der Waals surface area (Å²) in [6.45, 7) is 5.24. The Labute approximate surface area is 127 Å². The van der Waals surface area contributed by atoms with Crippen LogP contribution in [0.25, 0.3) is 11.0 Å². The number of aliphatic hydroxyl groups is 2. The summed E-state index contributed by atoms with van der Waals surface area (Å²) in [4.78, 5) is 11.4. The predicted molar refractivity (Wildman–Crippen MR) is 81.4 cm³/mol. The highest BCUT2D eigenvalue weighted by Crippen LogP contribution is 2.42. The highest BCUT2D eigenvalue weighted by atomic mass is 16.5. The minimum absolute atomic E-state index is 0.181. The molecule has 0 fully saturated rings. The van der Waals surface area contributed by atoms with Crippen LogP contribution in [0.15, 0.2) is 39.6 Å². The number of aliphatic hydroxyl groups excluding tert-OH is 2. The SMILES string of the molecule is C=C(C)C(O)C(O)c1cc2ccc(=O)oc2c(OC)c1OC. The van der Waals surface area contributed by atoms with Crippen LogP contribution in [0.1, 0.15) is 18.6 Å². The van der Waals surface area contributed by atoms with Gasteiger partial charge < -0.3 is 24.1 Å². The van der Waals surface area contributed by atoms with Gasteiger partial charge in [-0.25, -0.2) is 4.79 Å². The molecule has 2 atom stereocenters. The number of benzene rings is 1. The molecular formula is C16H18O6. The average Bonchev–Trinajstić information content (AvgIpc) is 2.51. The smallest absolute Gasteiger partial charge is 0.336 e. The monoisotopic (exact) mass is 306 g/mol. The van der Waals surface area contributed by atoms with Crippen molar-refractivity contribution in [3.8, 4) is 11.5 Å². The molecule has 2 N–H and O–H groups in total. The van der Waals surface area contributed by atoms with E-state index < -0.39 is 17.8 Å². The molecule has 2 aromatic rings. The molecule has 0 aliphatic rings. The zero-order valence-corrected chi connectivity index (χ0v) is 12.6. The molecule has 118 valence electrons. The van der Waals surface area contributed by atoms with Gasteiger partial charge in [-0.2, -0.15) is 0 Å². The van der Waals surface area contributed by atoms with Crippen LogP contribution in [0, 0.1) is 0 Å². The highest BCUT2D eigenvalue weighted by molar-refractivity contribution is 5.87. The van der Waals surface area contributed by atoms with Gasteiger partial charge in [0.05, 0.1) is 14.2 Å². The van der Waals surface area contributed by atoms with Crippen molar-refractivity contribution >= 4 is 11.0 Å². The second kappa shape index (κ2) is 6.21. The van der Waals surface area contributed by atoms with Gasteiger partial charge in [0.1, 0.15) is 12.2 Å². The fourth-order valence-corrected chi connectivity index (χ4v) is 2.24. The maximum atomic E-state index is 11.4. The van der Waals surface area contributed by atoms with E-state index in [1.54, 1.807) is 19.1 Å². The molecule has 6 heteroatoms. The van der Waals surface area contributed by atoms with E-state index in [1.807, 2.05) is 0 Å². The van der Waals surface area contributed by atoms with E-state index >= 15 is 0 Å². The number of rotatable bonds is 5. The van der Waals surface area contributed by atoms with Crippen molar-refractivity contribution in [2.45, 2.75) is 19.1 Å². The normalized spacial score (nSPS) is 13.7. The topological polar surface area (TPSA) is 89.1 Å². The zero-order chi connectivity index (χ0) is 16.4. The molecule has 0 saturated carbocycles. The van der Waals surface area contributed by atoms with Crippen LogP contribution in [-0.4, -0.2) is 30.5 Å². The first kappa shape index (κ1) is 16.1. The zero-order valence-electron chi connectivity index (χ0n) is 12.6. The third-order valence-electron chi connectivity index (χ3n) is 3.38. The van der Waals surface area contributed by atoms with Crippen LogP contribution >= 0.6 is 0 Å². The van der Waals surface area contributed by atoms with Crippen LogP contribution in [0.2, 0.25) is 0 Å². The minimum Gasteiger partial charge on any atom is -0.492 e. The third-order valence-corrected chi connectivity index (χ3v) is 3.38. The maximum absolute atomic E-state index is 11.4. The summed E-state index contributed by atoms with van der Waals surface area (Å²) >= 11 is 0. The number of methoxy groups -OCH3 is 2. The minimum atomic E-state index is -1.25. The quantitative estimate of drug-likeness (QED) is 0.646. The standard InChI is InChI=1S/C16H18O6/c1-8(2)12(18)13(19)10-7-9-5-6-11(17)22-14(9)16(21-4)15(10)20-3/h5-7,12-13,18-19H,1H2,2-4H3. The van der Waals surface area contributed by atoms with Gasteiger partial charge in [-0.05, 0) is 24.6 Å². The second-order valence-corrected chi connectivity index (χ2v) is 4.94. The van der Waals surface area contributed by atoms with E-state index in [9.17, 15) is 15.0 Å².